The van der Waals surface area contributed by atoms with Gasteiger partial charge in [0.2, 0.25) is 20.0 Å². The molecule has 1 N–H and O–H groups in total. The second kappa shape index (κ2) is 7.83. The normalized spacial score (nSPS) is 21.2. The van der Waals surface area contributed by atoms with Gasteiger partial charge in [-0.3, -0.25) is 0 Å². The van der Waals surface area contributed by atoms with Gasteiger partial charge < -0.3 is 0 Å². The molecule has 6 nitrogen and oxygen atoms in total. The Morgan fingerprint density at radius 1 is 0.862 bits per heavy atom. The summed E-state index contributed by atoms with van der Waals surface area (Å²) < 4.78 is 55.6. The number of hydrogen-bond acceptors (Lipinski definition) is 4. The third-order valence-electron chi connectivity index (χ3n) is 5.94. The van der Waals surface area contributed by atoms with Crippen LogP contribution in [0.2, 0.25) is 0 Å². The maximum absolute atomic E-state index is 12.8. The standard InChI is InChI=1S/C21H26N2O4S2/c1-16-12-14-23(15-13-16)29(26,27)19-9-7-18(8-10-19)28(24,25)22-21-11-6-17-4-2-3-5-20(17)21/h2-5,7-10,16,21-22H,6,11-15H2,1H3/t21-/m1/s1. The van der Waals surface area contributed by atoms with E-state index in [9.17, 15) is 16.8 Å². The molecule has 0 spiro atoms. The smallest absolute Gasteiger partial charge is 0.207 e. The van der Waals surface area contributed by atoms with Gasteiger partial charge in [-0.15, -0.1) is 0 Å². The number of piperidine rings is 1. The Labute approximate surface area is 173 Å². The molecule has 2 aromatic carbocycles. The molecule has 4 rings (SSSR count). The second-order valence-electron chi connectivity index (χ2n) is 7.97. The first-order valence-electron chi connectivity index (χ1n) is 9.98. The lowest BCUT2D eigenvalue weighted by Crippen LogP contribution is -2.37. The van der Waals surface area contributed by atoms with E-state index in [4.69, 9.17) is 0 Å². The summed E-state index contributed by atoms with van der Waals surface area (Å²) in [5, 5.41) is 0. The molecule has 0 aromatic heterocycles. The van der Waals surface area contributed by atoms with Gasteiger partial charge in [0.25, 0.3) is 0 Å². The number of hydrogen-bond donors (Lipinski definition) is 1. The summed E-state index contributed by atoms with van der Waals surface area (Å²) in [5.41, 5.74) is 2.17. The van der Waals surface area contributed by atoms with Crippen molar-refractivity contribution >= 4 is 20.0 Å². The maximum Gasteiger partial charge on any atom is 0.243 e. The zero-order valence-electron chi connectivity index (χ0n) is 16.4. The average Bonchev–Trinajstić information content (AvgIpc) is 3.11. The van der Waals surface area contributed by atoms with Gasteiger partial charge in [-0.2, -0.15) is 4.31 Å². The Kier molecular flexibility index (Phi) is 5.54. The summed E-state index contributed by atoms with van der Waals surface area (Å²) in [6, 6.07) is 13.1. The fourth-order valence-corrected chi connectivity index (χ4v) is 6.82. The van der Waals surface area contributed by atoms with Crippen molar-refractivity contribution in [2.75, 3.05) is 13.1 Å². The Hall–Kier alpha value is -1.74. The van der Waals surface area contributed by atoms with Gasteiger partial charge in [0.05, 0.1) is 9.79 Å². The van der Waals surface area contributed by atoms with Crippen molar-refractivity contribution in [1.82, 2.24) is 9.03 Å². The quantitative estimate of drug-likeness (QED) is 0.784. The molecule has 0 saturated carbocycles. The van der Waals surface area contributed by atoms with Gasteiger partial charge in [-0.25, -0.2) is 21.6 Å². The molecule has 1 saturated heterocycles. The number of benzene rings is 2. The molecule has 29 heavy (non-hydrogen) atoms. The Morgan fingerprint density at radius 3 is 2.17 bits per heavy atom. The number of nitrogens with one attached hydrogen (secondary N) is 1. The maximum atomic E-state index is 12.8. The Balaban J connectivity index is 1.51. The van der Waals surface area contributed by atoms with E-state index in [1.54, 1.807) is 0 Å². The summed E-state index contributed by atoms with van der Waals surface area (Å²) in [5.74, 6) is 0.528. The molecule has 2 aromatic rings. The largest absolute Gasteiger partial charge is 0.243 e. The second-order valence-corrected chi connectivity index (χ2v) is 11.6. The van der Waals surface area contributed by atoms with Crippen LogP contribution >= 0.6 is 0 Å². The summed E-state index contributed by atoms with van der Waals surface area (Å²) in [4.78, 5) is 0.213. The van der Waals surface area contributed by atoms with E-state index < -0.39 is 20.0 Å². The molecule has 2 aliphatic rings. The first-order valence-corrected chi connectivity index (χ1v) is 12.9. The molecule has 0 radical (unpaired) electrons. The summed E-state index contributed by atoms with van der Waals surface area (Å²) >= 11 is 0. The minimum atomic E-state index is -3.74. The highest BCUT2D eigenvalue weighted by Crippen LogP contribution is 2.32. The van der Waals surface area contributed by atoms with Gasteiger partial charge in [-0.05, 0) is 67.0 Å². The SMILES string of the molecule is CC1CCN(S(=O)(=O)c2ccc(S(=O)(=O)N[C@@H]3CCc4ccccc43)cc2)CC1. The number of aryl methyl sites for hydroxylation is 1. The zero-order valence-corrected chi connectivity index (χ0v) is 18.0. The van der Waals surface area contributed by atoms with Gasteiger partial charge in [-0.1, -0.05) is 31.2 Å². The van der Waals surface area contributed by atoms with Crippen LogP contribution in [0.3, 0.4) is 0 Å². The first kappa shape index (κ1) is 20.5. The number of fused-ring (bicyclic) bond motifs is 1. The van der Waals surface area contributed by atoms with E-state index in [1.165, 1.54) is 28.6 Å². The van der Waals surface area contributed by atoms with Crippen molar-refractivity contribution in [3.63, 3.8) is 0 Å². The van der Waals surface area contributed by atoms with Crippen LogP contribution in [0.25, 0.3) is 0 Å². The molecule has 0 amide bonds. The lowest BCUT2D eigenvalue weighted by Gasteiger charge is -2.29. The van der Waals surface area contributed by atoms with E-state index in [2.05, 4.69) is 11.6 Å². The molecule has 1 heterocycles. The minimum Gasteiger partial charge on any atom is -0.207 e. The minimum absolute atomic E-state index is 0.0769. The third kappa shape index (κ3) is 4.12. The van der Waals surface area contributed by atoms with E-state index in [-0.39, 0.29) is 15.8 Å². The highest BCUT2D eigenvalue weighted by molar-refractivity contribution is 7.89. The lowest BCUT2D eigenvalue weighted by molar-refractivity contribution is 0.288. The molecule has 0 bridgehead atoms. The predicted molar refractivity (Wildman–Crippen MR) is 111 cm³/mol. The topological polar surface area (TPSA) is 83.6 Å². The molecular weight excluding hydrogens is 408 g/mol. The van der Waals surface area contributed by atoms with Crippen LogP contribution in [0.4, 0.5) is 0 Å². The molecular formula is C21H26N2O4S2. The van der Waals surface area contributed by atoms with Gasteiger partial charge in [0.1, 0.15) is 0 Å². The summed E-state index contributed by atoms with van der Waals surface area (Å²) in [6.07, 6.45) is 3.25. The van der Waals surface area contributed by atoms with E-state index in [0.29, 0.717) is 19.0 Å². The van der Waals surface area contributed by atoms with E-state index in [0.717, 1.165) is 36.8 Å². The van der Waals surface area contributed by atoms with Crippen molar-refractivity contribution in [2.45, 2.75) is 48.4 Å². The van der Waals surface area contributed by atoms with Crippen LogP contribution in [0.5, 0.6) is 0 Å². The van der Waals surface area contributed by atoms with Crippen molar-refractivity contribution in [2.24, 2.45) is 5.92 Å². The lowest BCUT2D eigenvalue weighted by atomic mass is 10.0. The predicted octanol–water partition coefficient (Wildman–Crippen LogP) is 3.07. The monoisotopic (exact) mass is 434 g/mol. The third-order valence-corrected chi connectivity index (χ3v) is 9.35. The first-order chi connectivity index (χ1) is 13.8. The van der Waals surface area contributed by atoms with Crippen LogP contribution < -0.4 is 4.72 Å². The van der Waals surface area contributed by atoms with Crippen LogP contribution in [0, 0.1) is 5.92 Å². The highest BCUT2D eigenvalue weighted by atomic mass is 32.2. The fourth-order valence-electron chi connectivity index (χ4n) is 4.10. The van der Waals surface area contributed by atoms with E-state index >= 15 is 0 Å². The fraction of sp³-hybridized carbons (Fsp3) is 0.429. The van der Waals surface area contributed by atoms with Crippen LogP contribution in [0.1, 0.15) is 43.4 Å². The zero-order chi connectivity index (χ0) is 20.6. The van der Waals surface area contributed by atoms with Crippen molar-refractivity contribution < 1.29 is 16.8 Å². The number of rotatable bonds is 5. The van der Waals surface area contributed by atoms with Gasteiger partial charge >= 0.3 is 0 Å². The van der Waals surface area contributed by atoms with Crippen molar-refractivity contribution in [1.29, 1.82) is 0 Å². The molecule has 1 aliphatic carbocycles. The Morgan fingerprint density at radius 2 is 1.48 bits per heavy atom. The van der Waals surface area contributed by atoms with E-state index in [1.807, 2.05) is 24.3 Å². The molecule has 8 heteroatoms. The number of nitrogens with zero attached hydrogens (tertiary/aromatic N) is 1. The highest BCUT2D eigenvalue weighted by Gasteiger charge is 2.30. The molecule has 1 atom stereocenters. The summed E-state index contributed by atoms with van der Waals surface area (Å²) in [6.45, 7) is 3.14. The molecule has 1 fully saturated rings. The van der Waals surface area contributed by atoms with Crippen molar-refractivity contribution in [3.05, 3.63) is 59.7 Å². The van der Waals surface area contributed by atoms with Crippen molar-refractivity contribution in [3.8, 4) is 0 Å². The van der Waals surface area contributed by atoms with Crippen LogP contribution in [-0.4, -0.2) is 34.2 Å². The molecule has 156 valence electrons. The Bertz CT molecular complexity index is 1090. The van der Waals surface area contributed by atoms with Gasteiger partial charge in [0.15, 0.2) is 0 Å². The molecule has 0 unspecified atom stereocenters. The molecule has 1 aliphatic heterocycles. The average molecular weight is 435 g/mol. The van der Waals surface area contributed by atoms with Crippen LogP contribution in [0.15, 0.2) is 58.3 Å². The van der Waals surface area contributed by atoms with Gasteiger partial charge in [0, 0.05) is 19.1 Å². The van der Waals surface area contributed by atoms with Crippen LogP contribution in [-0.2, 0) is 26.5 Å². The number of sulfonamides is 2. The summed E-state index contributed by atoms with van der Waals surface area (Å²) in [7, 11) is -7.33.